The van der Waals surface area contributed by atoms with E-state index in [0.29, 0.717) is 35.4 Å². The summed E-state index contributed by atoms with van der Waals surface area (Å²) in [6.07, 6.45) is 1.12. The van der Waals surface area contributed by atoms with Crippen LogP contribution in [-0.4, -0.2) is 24.8 Å². The molecule has 3 aromatic rings. The molecule has 0 spiro atoms. The Morgan fingerprint density at radius 1 is 1.08 bits per heavy atom. The van der Waals surface area contributed by atoms with Crippen LogP contribution in [0.3, 0.4) is 0 Å². The van der Waals surface area contributed by atoms with E-state index in [1.807, 2.05) is 30.5 Å². The smallest absolute Gasteiger partial charge is 0.254 e. The first kappa shape index (κ1) is 25.9. The summed E-state index contributed by atoms with van der Waals surface area (Å²) < 4.78 is 13.8. The molecule has 196 valence electrons. The van der Waals surface area contributed by atoms with Crippen molar-refractivity contribution in [3.63, 3.8) is 0 Å². The van der Waals surface area contributed by atoms with E-state index >= 15 is 0 Å². The molecule has 0 unspecified atom stereocenters. The molecule has 5 rings (SSSR count). The fourth-order valence-electron chi connectivity index (χ4n) is 5.63. The second-order valence-electron chi connectivity index (χ2n) is 9.76. The SMILES string of the molecule is CCN(CC)c1ccc([C@H]2C(C(=O)Nc3cccc(F)c3)=C(C)NC3=C2C(=O)C[C@H](c2cccs2)C3)cc1. The van der Waals surface area contributed by atoms with E-state index in [1.54, 1.807) is 23.5 Å². The number of halogens is 1. The van der Waals surface area contributed by atoms with Crippen LogP contribution < -0.4 is 15.5 Å². The number of Topliss-reactive ketones (excluding diaryl/α,β-unsaturated/α-hetero) is 1. The Hall–Kier alpha value is -3.71. The number of benzene rings is 2. The van der Waals surface area contributed by atoms with Crippen LogP contribution in [0.2, 0.25) is 0 Å². The Morgan fingerprint density at radius 3 is 2.50 bits per heavy atom. The third kappa shape index (κ3) is 5.03. The van der Waals surface area contributed by atoms with E-state index in [9.17, 15) is 14.0 Å². The second-order valence-corrected chi connectivity index (χ2v) is 10.7. The van der Waals surface area contributed by atoms with Crippen molar-refractivity contribution in [1.29, 1.82) is 0 Å². The second kappa shape index (κ2) is 11.0. The predicted octanol–water partition coefficient (Wildman–Crippen LogP) is 6.73. The zero-order chi connectivity index (χ0) is 26.8. The Bertz CT molecular complexity index is 1410. The molecular weight excluding hydrogens is 497 g/mol. The number of amides is 1. The minimum Gasteiger partial charge on any atom is -0.372 e. The van der Waals surface area contributed by atoms with Crippen molar-refractivity contribution >= 4 is 34.4 Å². The van der Waals surface area contributed by atoms with Crippen LogP contribution in [0, 0.1) is 5.82 Å². The zero-order valence-corrected chi connectivity index (χ0v) is 22.7. The van der Waals surface area contributed by atoms with Crippen molar-refractivity contribution < 1.29 is 14.0 Å². The van der Waals surface area contributed by atoms with Crippen LogP contribution in [0.4, 0.5) is 15.8 Å². The molecule has 2 aromatic carbocycles. The minimum atomic E-state index is -0.512. The molecule has 2 N–H and O–H groups in total. The van der Waals surface area contributed by atoms with Gasteiger partial charge < -0.3 is 15.5 Å². The largest absolute Gasteiger partial charge is 0.372 e. The van der Waals surface area contributed by atoms with E-state index in [2.05, 4.69) is 47.6 Å². The molecule has 1 aliphatic heterocycles. The number of carbonyl (C=O) groups excluding carboxylic acids is 2. The van der Waals surface area contributed by atoms with E-state index in [4.69, 9.17) is 0 Å². The number of nitrogens with one attached hydrogen (secondary N) is 2. The molecule has 2 aliphatic rings. The van der Waals surface area contributed by atoms with Gasteiger partial charge in [-0.25, -0.2) is 4.39 Å². The van der Waals surface area contributed by atoms with Crippen LogP contribution in [-0.2, 0) is 9.59 Å². The lowest BCUT2D eigenvalue weighted by Crippen LogP contribution is -2.37. The number of thiophene rings is 1. The van der Waals surface area contributed by atoms with Gasteiger partial charge in [0.25, 0.3) is 5.91 Å². The molecule has 38 heavy (non-hydrogen) atoms. The molecule has 2 atom stereocenters. The Morgan fingerprint density at radius 2 is 1.84 bits per heavy atom. The average molecular weight is 530 g/mol. The maximum absolute atomic E-state index is 13.8. The highest BCUT2D eigenvalue weighted by atomic mass is 32.1. The van der Waals surface area contributed by atoms with E-state index in [-0.39, 0.29) is 17.6 Å². The van der Waals surface area contributed by atoms with Crippen molar-refractivity contribution in [2.75, 3.05) is 23.3 Å². The average Bonchev–Trinajstić information content (AvgIpc) is 3.44. The molecule has 0 saturated carbocycles. The van der Waals surface area contributed by atoms with Crippen LogP contribution in [0.5, 0.6) is 0 Å². The van der Waals surface area contributed by atoms with Gasteiger partial charge in [0.05, 0.1) is 0 Å². The summed E-state index contributed by atoms with van der Waals surface area (Å²) in [5.74, 6) is -1.11. The van der Waals surface area contributed by atoms with Crippen molar-refractivity contribution in [3.05, 3.63) is 105 Å². The van der Waals surface area contributed by atoms with Gasteiger partial charge in [-0.3, -0.25) is 9.59 Å². The summed E-state index contributed by atoms with van der Waals surface area (Å²) in [5, 5.41) is 8.31. The number of hydrogen-bond donors (Lipinski definition) is 2. The van der Waals surface area contributed by atoms with Crippen molar-refractivity contribution in [1.82, 2.24) is 5.32 Å². The molecule has 7 heteroatoms. The molecule has 5 nitrogen and oxygen atoms in total. The van der Waals surface area contributed by atoms with Crippen LogP contribution in [0.15, 0.2) is 88.6 Å². The van der Waals surface area contributed by atoms with E-state index < -0.39 is 11.7 Å². The molecule has 1 aliphatic carbocycles. The van der Waals surface area contributed by atoms with Gasteiger partial charge in [-0.2, -0.15) is 0 Å². The highest BCUT2D eigenvalue weighted by molar-refractivity contribution is 7.10. The lowest BCUT2D eigenvalue weighted by Gasteiger charge is -2.37. The number of allylic oxidation sites excluding steroid dienone is 3. The van der Waals surface area contributed by atoms with Gasteiger partial charge in [-0.15, -0.1) is 11.3 Å². The van der Waals surface area contributed by atoms with Crippen LogP contribution >= 0.6 is 11.3 Å². The first-order valence-electron chi connectivity index (χ1n) is 13.1. The number of ketones is 1. The first-order valence-corrected chi connectivity index (χ1v) is 14.0. The number of nitrogens with zero attached hydrogens (tertiary/aromatic N) is 1. The highest BCUT2D eigenvalue weighted by Crippen LogP contribution is 2.46. The number of carbonyl (C=O) groups is 2. The van der Waals surface area contributed by atoms with Crippen LogP contribution in [0.1, 0.15) is 55.9 Å². The quantitative estimate of drug-likeness (QED) is 0.356. The number of hydrogen-bond acceptors (Lipinski definition) is 5. The summed E-state index contributed by atoms with van der Waals surface area (Å²) in [4.78, 5) is 30.9. The molecule has 0 radical (unpaired) electrons. The molecule has 1 amide bonds. The van der Waals surface area contributed by atoms with E-state index in [1.165, 1.54) is 17.0 Å². The van der Waals surface area contributed by atoms with Gasteiger partial charge in [0.15, 0.2) is 5.78 Å². The number of rotatable bonds is 7. The Labute approximate surface area is 227 Å². The Balaban J connectivity index is 1.56. The summed E-state index contributed by atoms with van der Waals surface area (Å²) in [6.45, 7) is 7.89. The van der Waals surface area contributed by atoms with Crippen molar-refractivity contribution in [3.8, 4) is 0 Å². The summed E-state index contributed by atoms with van der Waals surface area (Å²) in [6, 6.07) is 18.1. The molecule has 0 saturated heterocycles. The molecule has 1 aromatic heterocycles. The maximum atomic E-state index is 13.8. The van der Waals surface area contributed by atoms with Gasteiger partial charge in [0.1, 0.15) is 5.82 Å². The molecule has 0 bridgehead atoms. The third-order valence-corrected chi connectivity index (χ3v) is 8.49. The lowest BCUT2D eigenvalue weighted by molar-refractivity contribution is -0.116. The monoisotopic (exact) mass is 529 g/mol. The fraction of sp³-hybridized carbons (Fsp3) is 0.290. The number of dihydropyridines is 1. The van der Waals surface area contributed by atoms with Crippen molar-refractivity contribution in [2.24, 2.45) is 0 Å². The van der Waals surface area contributed by atoms with E-state index in [0.717, 1.165) is 30.0 Å². The third-order valence-electron chi connectivity index (χ3n) is 7.46. The van der Waals surface area contributed by atoms with Gasteiger partial charge in [-0.05, 0) is 74.5 Å². The lowest BCUT2D eigenvalue weighted by atomic mass is 9.72. The fourth-order valence-corrected chi connectivity index (χ4v) is 6.46. The molecule has 0 fully saturated rings. The Kier molecular flexibility index (Phi) is 7.47. The summed E-state index contributed by atoms with van der Waals surface area (Å²) in [7, 11) is 0. The van der Waals surface area contributed by atoms with Gasteiger partial charge >= 0.3 is 0 Å². The van der Waals surface area contributed by atoms with Gasteiger partial charge in [-0.1, -0.05) is 24.3 Å². The minimum absolute atomic E-state index is 0.0542. The van der Waals surface area contributed by atoms with Crippen molar-refractivity contribution in [2.45, 2.75) is 45.4 Å². The van der Waals surface area contributed by atoms with Crippen LogP contribution in [0.25, 0.3) is 0 Å². The molecule has 2 heterocycles. The summed E-state index contributed by atoms with van der Waals surface area (Å²) in [5.41, 5.74) is 5.09. The topological polar surface area (TPSA) is 61.4 Å². The zero-order valence-electron chi connectivity index (χ0n) is 21.9. The summed E-state index contributed by atoms with van der Waals surface area (Å²) >= 11 is 1.67. The maximum Gasteiger partial charge on any atom is 0.254 e. The number of anilines is 2. The standard InChI is InChI=1S/C31H32FN3O2S/c1-4-35(5-2)24-13-11-20(12-14-24)29-28(31(37)34-23-9-6-8-22(32)18-23)19(3)33-25-16-21(17-26(36)30(25)29)27-10-7-15-38-27/h6-15,18,21,29,33H,4-5,16-17H2,1-3H3,(H,34,37)/t21-,29+/m1/s1. The highest BCUT2D eigenvalue weighted by Gasteiger charge is 2.41. The molecular formula is C31H32FN3O2S. The first-order chi connectivity index (χ1) is 18.4. The van der Waals surface area contributed by atoms with Gasteiger partial charge in [0, 0.05) is 70.1 Å². The normalized spacial score (nSPS) is 19.2. The predicted molar refractivity (Wildman–Crippen MR) is 152 cm³/mol. The van der Waals surface area contributed by atoms with Gasteiger partial charge in [0.2, 0.25) is 0 Å².